The summed E-state index contributed by atoms with van der Waals surface area (Å²) in [5, 5.41) is 6.38. The number of amides is 1. The molecule has 1 aromatic carbocycles. The highest BCUT2D eigenvalue weighted by atomic mass is 16.2. The Kier molecular flexibility index (Phi) is 5.81. The van der Waals surface area contributed by atoms with Gasteiger partial charge in [-0.2, -0.15) is 0 Å². The highest BCUT2D eigenvalue weighted by Crippen LogP contribution is 2.18. The maximum absolute atomic E-state index is 12.4. The molecule has 0 bridgehead atoms. The molecule has 0 radical (unpaired) electrons. The third kappa shape index (κ3) is 4.48. The summed E-state index contributed by atoms with van der Waals surface area (Å²) in [7, 11) is 0. The number of benzene rings is 1. The van der Waals surface area contributed by atoms with Crippen molar-refractivity contribution in [2.45, 2.75) is 39.8 Å². The molecule has 0 saturated carbocycles. The van der Waals surface area contributed by atoms with Crippen molar-refractivity contribution in [3.63, 3.8) is 0 Å². The van der Waals surface area contributed by atoms with Crippen molar-refractivity contribution in [3.8, 4) is 0 Å². The fraction of sp³-hybridized carbons (Fsp3) is 0.529. The molecule has 5 nitrogen and oxygen atoms in total. The van der Waals surface area contributed by atoms with E-state index >= 15 is 0 Å². The van der Waals surface area contributed by atoms with Crippen LogP contribution in [0.4, 0.5) is 0 Å². The van der Waals surface area contributed by atoms with Crippen molar-refractivity contribution in [2.24, 2.45) is 4.99 Å². The lowest BCUT2D eigenvalue weighted by atomic mass is 10.00. The maximum Gasteiger partial charge on any atom is 0.244 e. The summed E-state index contributed by atoms with van der Waals surface area (Å²) >= 11 is 0. The Balaban J connectivity index is 1.95. The van der Waals surface area contributed by atoms with E-state index in [0.717, 1.165) is 19.5 Å². The average molecular weight is 302 g/mol. The number of carbonyl (C=O) groups is 1. The lowest BCUT2D eigenvalue weighted by Gasteiger charge is -2.28. The Morgan fingerprint density at radius 2 is 2.05 bits per heavy atom. The van der Waals surface area contributed by atoms with E-state index < -0.39 is 0 Å². The van der Waals surface area contributed by atoms with Gasteiger partial charge in [0.15, 0.2) is 5.96 Å². The molecule has 0 spiro atoms. The molecule has 0 aliphatic carbocycles. The van der Waals surface area contributed by atoms with Crippen LogP contribution in [0.15, 0.2) is 29.3 Å². The maximum atomic E-state index is 12.4. The molecule has 1 amide bonds. The first-order valence-electron chi connectivity index (χ1n) is 7.99. The zero-order chi connectivity index (χ0) is 15.9. The lowest BCUT2D eigenvalue weighted by Crippen LogP contribution is -2.42. The number of nitrogens with one attached hydrogen (secondary N) is 2. The largest absolute Gasteiger partial charge is 0.357 e. The van der Waals surface area contributed by atoms with Crippen molar-refractivity contribution in [2.75, 3.05) is 19.6 Å². The monoisotopic (exact) mass is 302 g/mol. The predicted octanol–water partition coefficient (Wildman–Crippen LogP) is 1.53. The summed E-state index contributed by atoms with van der Waals surface area (Å²) in [6.07, 6.45) is 0.927. The molecule has 0 atom stereocenters. The van der Waals surface area contributed by atoms with E-state index in [1.165, 1.54) is 11.1 Å². The fourth-order valence-corrected chi connectivity index (χ4v) is 2.55. The smallest absolute Gasteiger partial charge is 0.244 e. The standard InChI is InChI=1S/C17H26N4O/c1-4-18-17(20-13(2)3)19-11-16(22)21-10-9-14-7-5-6-8-15(14)12-21/h5-8,13H,4,9-12H2,1-3H3,(H2,18,19,20). The van der Waals surface area contributed by atoms with Gasteiger partial charge in [0.25, 0.3) is 0 Å². The first kappa shape index (κ1) is 16.3. The molecule has 120 valence electrons. The molecule has 0 unspecified atom stereocenters. The van der Waals surface area contributed by atoms with E-state index in [2.05, 4.69) is 47.7 Å². The fourth-order valence-electron chi connectivity index (χ4n) is 2.55. The summed E-state index contributed by atoms with van der Waals surface area (Å²) in [6.45, 7) is 8.56. The molecule has 0 saturated heterocycles. The molecule has 1 aromatic rings. The minimum absolute atomic E-state index is 0.0791. The Labute approximate surface area is 132 Å². The van der Waals surface area contributed by atoms with Crippen molar-refractivity contribution >= 4 is 11.9 Å². The van der Waals surface area contributed by atoms with E-state index in [1.807, 2.05) is 17.9 Å². The van der Waals surface area contributed by atoms with Gasteiger partial charge in [-0.1, -0.05) is 24.3 Å². The molecule has 5 heteroatoms. The lowest BCUT2D eigenvalue weighted by molar-refractivity contribution is -0.130. The van der Waals surface area contributed by atoms with Gasteiger partial charge in [0, 0.05) is 25.7 Å². The van der Waals surface area contributed by atoms with E-state index in [-0.39, 0.29) is 18.5 Å². The van der Waals surface area contributed by atoms with E-state index in [9.17, 15) is 4.79 Å². The number of rotatable bonds is 4. The Morgan fingerprint density at radius 1 is 1.32 bits per heavy atom. The van der Waals surface area contributed by atoms with Crippen molar-refractivity contribution in [1.82, 2.24) is 15.5 Å². The second-order valence-corrected chi connectivity index (χ2v) is 5.83. The van der Waals surface area contributed by atoms with Gasteiger partial charge in [0.1, 0.15) is 6.54 Å². The number of guanidine groups is 1. The van der Waals surface area contributed by atoms with Gasteiger partial charge in [-0.25, -0.2) is 4.99 Å². The number of carbonyl (C=O) groups excluding carboxylic acids is 1. The number of hydrogen-bond donors (Lipinski definition) is 2. The van der Waals surface area contributed by atoms with Gasteiger partial charge >= 0.3 is 0 Å². The SMILES string of the molecule is CCNC(=NCC(=O)N1CCc2ccccc2C1)NC(C)C. The van der Waals surface area contributed by atoms with Crippen LogP contribution >= 0.6 is 0 Å². The van der Waals surface area contributed by atoms with Crippen LogP contribution in [0.1, 0.15) is 31.9 Å². The number of nitrogens with zero attached hydrogens (tertiary/aromatic N) is 2. The summed E-state index contributed by atoms with van der Waals surface area (Å²) in [5.41, 5.74) is 2.60. The Hall–Kier alpha value is -2.04. The summed E-state index contributed by atoms with van der Waals surface area (Å²) in [4.78, 5) is 18.6. The van der Waals surface area contributed by atoms with Crippen LogP contribution in [0.2, 0.25) is 0 Å². The van der Waals surface area contributed by atoms with Gasteiger partial charge in [-0.3, -0.25) is 4.79 Å². The predicted molar refractivity (Wildman–Crippen MR) is 89.8 cm³/mol. The first-order valence-corrected chi connectivity index (χ1v) is 7.99. The molecule has 1 aliphatic heterocycles. The molecule has 1 heterocycles. The first-order chi connectivity index (χ1) is 10.6. The van der Waals surface area contributed by atoms with Crippen molar-refractivity contribution in [1.29, 1.82) is 0 Å². The molecular formula is C17H26N4O. The van der Waals surface area contributed by atoms with Gasteiger partial charge in [0.05, 0.1) is 0 Å². The van der Waals surface area contributed by atoms with Crippen LogP contribution in [-0.4, -0.2) is 42.4 Å². The van der Waals surface area contributed by atoms with Crippen molar-refractivity contribution in [3.05, 3.63) is 35.4 Å². The highest BCUT2D eigenvalue weighted by molar-refractivity contribution is 5.85. The summed E-state index contributed by atoms with van der Waals surface area (Å²) in [5.74, 6) is 0.777. The van der Waals surface area contributed by atoms with Crippen LogP contribution < -0.4 is 10.6 Å². The molecule has 22 heavy (non-hydrogen) atoms. The minimum Gasteiger partial charge on any atom is -0.357 e. The van der Waals surface area contributed by atoms with Crippen LogP contribution in [0.25, 0.3) is 0 Å². The van der Waals surface area contributed by atoms with Crippen molar-refractivity contribution < 1.29 is 4.79 Å². The number of aliphatic imine (C=N–C) groups is 1. The van der Waals surface area contributed by atoms with E-state index in [4.69, 9.17) is 0 Å². The van der Waals surface area contributed by atoms with Gasteiger partial charge in [0.2, 0.25) is 5.91 Å². The van der Waals surface area contributed by atoms with Gasteiger partial charge in [-0.15, -0.1) is 0 Å². The van der Waals surface area contributed by atoms with Crippen LogP contribution in [0.5, 0.6) is 0 Å². The minimum atomic E-state index is 0.0791. The van der Waals surface area contributed by atoms with E-state index in [1.54, 1.807) is 0 Å². The average Bonchev–Trinajstić information content (AvgIpc) is 2.51. The Bertz CT molecular complexity index is 539. The molecule has 0 fully saturated rings. The number of hydrogen-bond acceptors (Lipinski definition) is 2. The third-order valence-electron chi connectivity index (χ3n) is 3.63. The molecular weight excluding hydrogens is 276 g/mol. The summed E-state index contributed by atoms with van der Waals surface area (Å²) < 4.78 is 0. The quantitative estimate of drug-likeness (QED) is 0.655. The zero-order valence-corrected chi connectivity index (χ0v) is 13.7. The van der Waals surface area contributed by atoms with Crippen LogP contribution in [0.3, 0.4) is 0 Å². The van der Waals surface area contributed by atoms with Crippen LogP contribution in [0, 0.1) is 0 Å². The molecule has 1 aliphatic rings. The molecule has 2 rings (SSSR count). The Morgan fingerprint density at radius 3 is 2.73 bits per heavy atom. The normalized spacial score (nSPS) is 14.7. The van der Waals surface area contributed by atoms with Gasteiger partial charge in [-0.05, 0) is 38.3 Å². The third-order valence-corrected chi connectivity index (χ3v) is 3.63. The summed E-state index contributed by atoms with van der Waals surface area (Å²) in [6, 6.07) is 8.62. The van der Waals surface area contributed by atoms with Crippen LogP contribution in [-0.2, 0) is 17.8 Å². The number of fused-ring (bicyclic) bond motifs is 1. The zero-order valence-electron chi connectivity index (χ0n) is 13.7. The van der Waals surface area contributed by atoms with Gasteiger partial charge < -0.3 is 15.5 Å². The molecule has 0 aromatic heterocycles. The molecule has 2 N–H and O–H groups in total. The second-order valence-electron chi connectivity index (χ2n) is 5.83. The van der Waals surface area contributed by atoms with E-state index in [0.29, 0.717) is 12.5 Å². The topological polar surface area (TPSA) is 56.7 Å². The highest BCUT2D eigenvalue weighted by Gasteiger charge is 2.19. The second kappa shape index (κ2) is 7.82.